The lowest BCUT2D eigenvalue weighted by atomic mass is 10.1. The highest BCUT2D eigenvalue weighted by atomic mass is 16.6. The van der Waals surface area contributed by atoms with Gasteiger partial charge in [0.1, 0.15) is 22.8 Å². The fraction of sp³-hybridized carbons (Fsp3) is 0.136. The summed E-state index contributed by atoms with van der Waals surface area (Å²) in [5.74, 6) is 1.22. The molecule has 0 heterocycles. The van der Waals surface area contributed by atoms with E-state index in [1.807, 2.05) is 42.5 Å². The van der Waals surface area contributed by atoms with Crippen molar-refractivity contribution in [2.45, 2.75) is 13.0 Å². The molecule has 0 aromatic heterocycles. The molecule has 0 saturated heterocycles. The second-order valence-corrected chi connectivity index (χ2v) is 6.32. The van der Waals surface area contributed by atoms with E-state index in [4.69, 9.17) is 9.47 Å². The molecule has 0 spiro atoms. The quantitative estimate of drug-likeness (QED) is 0.457. The lowest BCUT2D eigenvalue weighted by molar-refractivity contribution is -0.385. The van der Waals surface area contributed by atoms with Gasteiger partial charge in [-0.15, -0.1) is 0 Å². The molecule has 29 heavy (non-hydrogen) atoms. The van der Waals surface area contributed by atoms with Crippen molar-refractivity contribution in [3.05, 3.63) is 94.0 Å². The third kappa shape index (κ3) is 4.90. The van der Waals surface area contributed by atoms with Crippen LogP contribution in [-0.4, -0.2) is 17.9 Å². The average molecular weight is 392 g/mol. The summed E-state index contributed by atoms with van der Waals surface area (Å²) in [6.45, 7) is 1.80. The molecule has 1 amide bonds. The molecule has 1 atom stereocenters. The van der Waals surface area contributed by atoms with Crippen molar-refractivity contribution < 1.29 is 19.2 Å². The first-order chi connectivity index (χ1) is 14.0. The molecule has 148 valence electrons. The molecular weight excluding hydrogens is 372 g/mol. The Kier molecular flexibility index (Phi) is 6.09. The van der Waals surface area contributed by atoms with Crippen LogP contribution in [0.3, 0.4) is 0 Å². The van der Waals surface area contributed by atoms with Crippen molar-refractivity contribution in [2.75, 3.05) is 7.11 Å². The number of amides is 1. The molecule has 7 nitrogen and oxygen atoms in total. The number of hydrogen-bond acceptors (Lipinski definition) is 5. The van der Waals surface area contributed by atoms with E-state index in [0.29, 0.717) is 11.5 Å². The molecular formula is C22H20N2O5. The molecule has 3 rings (SSSR count). The van der Waals surface area contributed by atoms with Crippen LogP contribution < -0.4 is 14.8 Å². The Hall–Kier alpha value is -3.87. The Labute approximate surface area is 168 Å². The minimum atomic E-state index is -0.589. The van der Waals surface area contributed by atoms with Crippen LogP contribution in [0.15, 0.2) is 72.8 Å². The summed E-state index contributed by atoms with van der Waals surface area (Å²) >= 11 is 0. The van der Waals surface area contributed by atoms with Gasteiger partial charge in [-0.3, -0.25) is 14.9 Å². The van der Waals surface area contributed by atoms with Crippen LogP contribution in [0.1, 0.15) is 28.9 Å². The Balaban J connectivity index is 1.72. The average Bonchev–Trinajstić information content (AvgIpc) is 2.74. The molecule has 0 radical (unpaired) electrons. The molecule has 3 aromatic carbocycles. The van der Waals surface area contributed by atoms with E-state index >= 15 is 0 Å². The SMILES string of the molecule is COc1ccc([N+](=O)[O-])c(C(=O)NC(C)c2ccc(Oc3ccccc3)cc2)c1. The molecule has 0 aliphatic heterocycles. The first kappa shape index (κ1) is 19.9. The number of ether oxygens (including phenoxy) is 2. The fourth-order valence-corrected chi connectivity index (χ4v) is 2.79. The van der Waals surface area contributed by atoms with Crippen LogP contribution in [0.25, 0.3) is 0 Å². The molecule has 0 aliphatic rings. The zero-order valence-corrected chi connectivity index (χ0v) is 16.0. The summed E-state index contributed by atoms with van der Waals surface area (Å²) in [5.41, 5.74) is 0.511. The summed E-state index contributed by atoms with van der Waals surface area (Å²) in [5, 5.41) is 14.0. The standard InChI is InChI=1S/C22H20N2O5/c1-15(16-8-10-18(11-9-16)29-17-6-4-3-5-7-17)23-22(25)20-14-19(28-2)12-13-21(20)24(26)27/h3-15H,1-2H3,(H,23,25). The van der Waals surface area contributed by atoms with Gasteiger partial charge in [0.2, 0.25) is 0 Å². The number of nitrogens with one attached hydrogen (secondary N) is 1. The van der Waals surface area contributed by atoms with Crippen LogP contribution in [0.2, 0.25) is 0 Å². The highest BCUT2D eigenvalue weighted by Crippen LogP contribution is 2.26. The van der Waals surface area contributed by atoms with E-state index in [-0.39, 0.29) is 17.3 Å². The highest BCUT2D eigenvalue weighted by Gasteiger charge is 2.22. The number of methoxy groups -OCH3 is 1. The zero-order chi connectivity index (χ0) is 20.8. The molecule has 1 unspecified atom stereocenters. The number of rotatable bonds is 7. The van der Waals surface area contributed by atoms with Crippen LogP contribution >= 0.6 is 0 Å². The maximum absolute atomic E-state index is 12.6. The van der Waals surface area contributed by atoms with Gasteiger partial charge in [0.15, 0.2) is 0 Å². The van der Waals surface area contributed by atoms with Crippen molar-refractivity contribution >= 4 is 11.6 Å². The predicted molar refractivity (Wildman–Crippen MR) is 108 cm³/mol. The number of para-hydroxylation sites is 1. The molecule has 0 bridgehead atoms. The van der Waals surface area contributed by atoms with Gasteiger partial charge >= 0.3 is 0 Å². The second kappa shape index (κ2) is 8.88. The van der Waals surface area contributed by atoms with Crippen molar-refractivity contribution in [1.29, 1.82) is 0 Å². The third-order valence-corrected chi connectivity index (χ3v) is 4.35. The number of carbonyl (C=O) groups is 1. The van der Waals surface area contributed by atoms with Gasteiger partial charge in [0.05, 0.1) is 18.1 Å². The molecule has 0 aliphatic carbocycles. The van der Waals surface area contributed by atoms with Crippen molar-refractivity contribution in [1.82, 2.24) is 5.32 Å². The van der Waals surface area contributed by atoms with Gasteiger partial charge < -0.3 is 14.8 Å². The Morgan fingerprint density at radius 3 is 2.21 bits per heavy atom. The van der Waals surface area contributed by atoms with E-state index in [0.717, 1.165) is 11.3 Å². The summed E-state index contributed by atoms with van der Waals surface area (Å²) in [4.78, 5) is 23.3. The second-order valence-electron chi connectivity index (χ2n) is 6.32. The number of nitro benzene ring substituents is 1. The van der Waals surface area contributed by atoms with Crippen LogP contribution in [0, 0.1) is 10.1 Å². The van der Waals surface area contributed by atoms with Gasteiger partial charge in [0, 0.05) is 6.07 Å². The van der Waals surface area contributed by atoms with Gasteiger partial charge in [-0.1, -0.05) is 30.3 Å². The summed E-state index contributed by atoms with van der Waals surface area (Å²) in [6.07, 6.45) is 0. The number of benzene rings is 3. The maximum Gasteiger partial charge on any atom is 0.282 e. The van der Waals surface area contributed by atoms with Gasteiger partial charge in [0.25, 0.3) is 11.6 Å². The summed E-state index contributed by atoms with van der Waals surface area (Å²) in [7, 11) is 1.44. The Morgan fingerprint density at radius 2 is 1.59 bits per heavy atom. The molecule has 0 fully saturated rings. The minimum absolute atomic E-state index is 0.0507. The van der Waals surface area contributed by atoms with Gasteiger partial charge in [-0.25, -0.2) is 0 Å². The predicted octanol–water partition coefficient (Wildman–Crippen LogP) is 4.89. The lowest BCUT2D eigenvalue weighted by Crippen LogP contribution is -2.27. The van der Waals surface area contributed by atoms with Crippen molar-refractivity contribution in [2.24, 2.45) is 0 Å². The number of carbonyl (C=O) groups excluding carboxylic acids is 1. The number of nitro groups is 1. The zero-order valence-electron chi connectivity index (χ0n) is 16.0. The molecule has 3 aromatic rings. The summed E-state index contributed by atoms with van der Waals surface area (Å²) in [6, 6.07) is 20.4. The van der Waals surface area contributed by atoms with Gasteiger partial charge in [-0.05, 0) is 48.9 Å². The number of nitrogens with zero attached hydrogens (tertiary/aromatic N) is 1. The van der Waals surface area contributed by atoms with E-state index in [9.17, 15) is 14.9 Å². The topological polar surface area (TPSA) is 90.7 Å². The third-order valence-electron chi connectivity index (χ3n) is 4.35. The van der Waals surface area contributed by atoms with Crippen LogP contribution in [0.4, 0.5) is 5.69 Å². The van der Waals surface area contributed by atoms with E-state index in [2.05, 4.69) is 5.32 Å². The first-order valence-electron chi connectivity index (χ1n) is 8.94. The number of hydrogen-bond donors (Lipinski definition) is 1. The normalized spacial score (nSPS) is 11.4. The highest BCUT2D eigenvalue weighted by molar-refractivity contribution is 5.98. The Morgan fingerprint density at radius 1 is 0.966 bits per heavy atom. The molecule has 1 N–H and O–H groups in total. The summed E-state index contributed by atoms with van der Waals surface area (Å²) < 4.78 is 10.8. The maximum atomic E-state index is 12.6. The van der Waals surface area contributed by atoms with Crippen molar-refractivity contribution in [3.8, 4) is 17.2 Å². The van der Waals surface area contributed by atoms with E-state index < -0.39 is 10.8 Å². The van der Waals surface area contributed by atoms with Crippen LogP contribution in [-0.2, 0) is 0 Å². The van der Waals surface area contributed by atoms with E-state index in [1.54, 1.807) is 19.1 Å². The van der Waals surface area contributed by atoms with E-state index in [1.165, 1.54) is 25.3 Å². The van der Waals surface area contributed by atoms with Crippen LogP contribution in [0.5, 0.6) is 17.2 Å². The fourth-order valence-electron chi connectivity index (χ4n) is 2.79. The largest absolute Gasteiger partial charge is 0.497 e. The lowest BCUT2D eigenvalue weighted by Gasteiger charge is -2.15. The first-order valence-corrected chi connectivity index (χ1v) is 8.94. The smallest absolute Gasteiger partial charge is 0.282 e. The molecule has 0 saturated carbocycles. The van der Waals surface area contributed by atoms with Gasteiger partial charge in [-0.2, -0.15) is 0 Å². The molecule has 7 heteroatoms. The monoisotopic (exact) mass is 392 g/mol. The Bertz CT molecular complexity index is 1000. The van der Waals surface area contributed by atoms with Crippen molar-refractivity contribution in [3.63, 3.8) is 0 Å². The minimum Gasteiger partial charge on any atom is -0.497 e.